The number of pyridine rings is 1. The third-order valence-corrected chi connectivity index (χ3v) is 6.25. The highest BCUT2D eigenvalue weighted by Crippen LogP contribution is 2.24. The van der Waals surface area contributed by atoms with E-state index in [4.69, 9.17) is 11.6 Å². The lowest BCUT2D eigenvalue weighted by molar-refractivity contribution is 0.0746. The highest BCUT2D eigenvalue weighted by Gasteiger charge is 2.24. The van der Waals surface area contributed by atoms with Crippen molar-refractivity contribution < 1.29 is 4.79 Å². The molecule has 2 aromatic carbocycles. The predicted molar refractivity (Wildman–Crippen MR) is 127 cm³/mol. The first-order chi connectivity index (χ1) is 15.5. The molecule has 7 heteroatoms. The van der Waals surface area contributed by atoms with Crippen molar-refractivity contribution in [3.8, 4) is 11.4 Å². The van der Waals surface area contributed by atoms with Crippen molar-refractivity contribution in [1.82, 2.24) is 19.5 Å². The molecule has 0 aliphatic carbocycles. The number of fused-ring (bicyclic) bond motifs is 1. The summed E-state index contributed by atoms with van der Waals surface area (Å²) < 4.78 is 1.88. The number of anilines is 1. The van der Waals surface area contributed by atoms with Crippen molar-refractivity contribution in [3.05, 3.63) is 82.5 Å². The lowest BCUT2D eigenvalue weighted by Crippen LogP contribution is -2.49. The van der Waals surface area contributed by atoms with Crippen molar-refractivity contribution in [2.45, 2.75) is 13.8 Å². The molecule has 4 aromatic rings. The van der Waals surface area contributed by atoms with E-state index in [0.29, 0.717) is 35.1 Å². The topological polar surface area (TPSA) is 53.7 Å². The number of nitrogens with zero attached hydrogens (tertiary/aromatic N) is 5. The normalized spacial score (nSPS) is 14.2. The summed E-state index contributed by atoms with van der Waals surface area (Å²) in [5.41, 5.74) is 5.93. The second-order valence-corrected chi connectivity index (χ2v) is 8.68. The Morgan fingerprint density at radius 3 is 2.53 bits per heavy atom. The van der Waals surface area contributed by atoms with Crippen LogP contribution in [0.15, 0.2) is 60.8 Å². The molecule has 0 unspecified atom stereocenters. The summed E-state index contributed by atoms with van der Waals surface area (Å²) in [5.74, 6) is 0.726. The Bertz CT molecular complexity index is 1310. The van der Waals surface area contributed by atoms with Crippen LogP contribution in [0.4, 0.5) is 5.69 Å². The average Bonchev–Trinajstić information content (AvgIpc) is 3.24. The Morgan fingerprint density at radius 1 is 0.938 bits per heavy atom. The molecule has 0 N–H and O–H groups in total. The van der Waals surface area contributed by atoms with E-state index in [0.717, 1.165) is 18.7 Å². The number of hydrogen-bond donors (Lipinski definition) is 0. The fourth-order valence-electron chi connectivity index (χ4n) is 4.24. The van der Waals surface area contributed by atoms with Gasteiger partial charge in [0.25, 0.3) is 5.91 Å². The van der Waals surface area contributed by atoms with Crippen LogP contribution in [0.2, 0.25) is 5.02 Å². The Labute approximate surface area is 192 Å². The van der Waals surface area contributed by atoms with Crippen molar-refractivity contribution >= 4 is 28.8 Å². The van der Waals surface area contributed by atoms with E-state index in [1.807, 2.05) is 45.8 Å². The third-order valence-electron chi connectivity index (χ3n) is 6.01. The summed E-state index contributed by atoms with van der Waals surface area (Å²) >= 11 is 6.12. The van der Waals surface area contributed by atoms with Gasteiger partial charge in [0.1, 0.15) is 0 Å². The quantitative estimate of drug-likeness (QED) is 0.461. The van der Waals surface area contributed by atoms with Crippen molar-refractivity contribution in [2.24, 2.45) is 0 Å². The summed E-state index contributed by atoms with van der Waals surface area (Å²) in [4.78, 5) is 17.4. The summed E-state index contributed by atoms with van der Waals surface area (Å²) in [6, 6.07) is 17.7. The molecule has 0 bridgehead atoms. The molecule has 1 amide bonds. The lowest BCUT2D eigenvalue weighted by Gasteiger charge is -2.37. The minimum atomic E-state index is 0.0282. The first-order valence-electron chi connectivity index (χ1n) is 10.7. The molecule has 3 heterocycles. The molecule has 1 fully saturated rings. The van der Waals surface area contributed by atoms with Gasteiger partial charge in [-0.25, -0.2) is 0 Å². The van der Waals surface area contributed by atoms with E-state index < -0.39 is 0 Å². The van der Waals surface area contributed by atoms with Crippen LogP contribution in [-0.4, -0.2) is 51.6 Å². The Morgan fingerprint density at radius 2 is 1.75 bits per heavy atom. The Kier molecular flexibility index (Phi) is 5.31. The smallest absolute Gasteiger partial charge is 0.254 e. The zero-order chi connectivity index (χ0) is 22.2. The van der Waals surface area contributed by atoms with Crippen LogP contribution in [0.1, 0.15) is 21.5 Å². The van der Waals surface area contributed by atoms with Crippen LogP contribution in [0.25, 0.3) is 17.0 Å². The maximum Gasteiger partial charge on any atom is 0.254 e. The number of benzene rings is 2. The van der Waals surface area contributed by atoms with Gasteiger partial charge >= 0.3 is 0 Å². The fraction of sp³-hybridized carbons (Fsp3) is 0.240. The first kappa shape index (κ1) is 20.5. The van der Waals surface area contributed by atoms with Crippen LogP contribution < -0.4 is 4.90 Å². The molecule has 1 saturated heterocycles. The van der Waals surface area contributed by atoms with E-state index in [1.165, 1.54) is 16.8 Å². The number of carbonyl (C=O) groups is 1. The number of rotatable bonds is 3. The van der Waals surface area contributed by atoms with E-state index in [9.17, 15) is 4.79 Å². The van der Waals surface area contributed by atoms with Gasteiger partial charge in [-0.05, 0) is 55.3 Å². The molecule has 1 aliphatic heterocycles. The number of aromatic nitrogens is 3. The summed E-state index contributed by atoms with van der Waals surface area (Å²) in [7, 11) is 0. The van der Waals surface area contributed by atoms with Crippen molar-refractivity contribution in [1.29, 1.82) is 0 Å². The maximum absolute atomic E-state index is 13.2. The monoisotopic (exact) mass is 445 g/mol. The van der Waals surface area contributed by atoms with E-state index >= 15 is 0 Å². The Hall–Kier alpha value is -3.38. The maximum atomic E-state index is 13.2. The van der Waals surface area contributed by atoms with Crippen molar-refractivity contribution in [3.63, 3.8) is 0 Å². The molecule has 162 valence electrons. The number of halogens is 1. The van der Waals surface area contributed by atoms with Crippen LogP contribution in [-0.2, 0) is 0 Å². The minimum Gasteiger partial charge on any atom is -0.368 e. The summed E-state index contributed by atoms with van der Waals surface area (Å²) in [5, 5.41) is 9.22. The number of piperazine rings is 1. The average molecular weight is 446 g/mol. The highest BCUT2D eigenvalue weighted by molar-refractivity contribution is 6.30. The van der Waals surface area contributed by atoms with Crippen LogP contribution in [0.5, 0.6) is 0 Å². The largest absolute Gasteiger partial charge is 0.368 e. The number of carbonyl (C=O) groups excluding carboxylic acids is 1. The van der Waals surface area contributed by atoms with Gasteiger partial charge in [0.05, 0.1) is 0 Å². The second kappa shape index (κ2) is 8.28. The van der Waals surface area contributed by atoms with E-state index in [1.54, 1.807) is 6.07 Å². The van der Waals surface area contributed by atoms with Crippen LogP contribution in [0, 0.1) is 13.8 Å². The van der Waals surface area contributed by atoms with Gasteiger partial charge < -0.3 is 9.80 Å². The molecule has 32 heavy (non-hydrogen) atoms. The molecule has 0 atom stereocenters. The van der Waals surface area contributed by atoms with Gasteiger partial charge in [0.2, 0.25) is 0 Å². The van der Waals surface area contributed by atoms with Gasteiger partial charge in [0, 0.05) is 54.2 Å². The molecule has 0 radical (unpaired) electrons. The van der Waals surface area contributed by atoms with Gasteiger partial charge in [0.15, 0.2) is 11.5 Å². The fourth-order valence-corrected chi connectivity index (χ4v) is 4.43. The molecular weight excluding hydrogens is 422 g/mol. The molecular formula is C25H24ClN5O. The first-order valence-corrected chi connectivity index (χ1v) is 11.1. The van der Waals surface area contributed by atoms with Gasteiger partial charge in [-0.1, -0.05) is 35.9 Å². The number of amides is 1. The van der Waals surface area contributed by atoms with E-state index in [2.05, 4.69) is 47.1 Å². The predicted octanol–water partition coefficient (Wildman–Crippen LogP) is 4.63. The summed E-state index contributed by atoms with van der Waals surface area (Å²) in [6.07, 6.45) is 1.85. The number of hydrogen-bond acceptors (Lipinski definition) is 4. The Balaban J connectivity index is 1.33. The SMILES string of the molecule is Cc1ccc(C)c(N2CCN(C(=O)c3ccn4c(-c5cccc(Cl)c5)nnc4c3)CC2)c1. The van der Waals surface area contributed by atoms with Crippen molar-refractivity contribution in [2.75, 3.05) is 31.1 Å². The molecule has 5 rings (SSSR count). The lowest BCUT2D eigenvalue weighted by atomic mass is 10.1. The molecule has 0 saturated carbocycles. The minimum absolute atomic E-state index is 0.0282. The van der Waals surface area contributed by atoms with Gasteiger partial charge in [-0.2, -0.15) is 0 Å². The van der Waals surface area contributed by atoms with Crippen LogP contribution >= 0.6 is 11.6 Å². The van der Waals surface area contributed by atoms with E-state index in [-0.39, 0.29) is 5.91 Å². The zero-order valence-electron chi connectivity index (χ0n) is 18.1. The van der Waals surface area contributed by atoms with Crippen LogP contribution in [0.3, 0.4) is 0 Å². The molecule has 6 nitrogen and oxygen atoms in total. The standard InChI is InChI=1S/C25H24ClN5O/c1-17-6-7-18(2)22(14-17)29-10-12-30(13-11-29)25(32)20-8-9-31-23(16-20)27-28-24(31)19-4-3-5-21(26)15-19/h3-9,14-16H,10-13H2,1-2H3. The van der Waals surface area contributed by atoms with Gasteiger partial charge in [-0.3, -0.25) is 9.20 Å². The highest BCUT2D eigenvalue weighted by atomic mass is 35.5. The van der Waals surface area contributed by atoms with Gasteiger partial charge in [-0.15, -0.1) is 10.2 Å². The second-order valence-electron chi connectivity index (χ2n) is 8.25. The molecule has 0 spiro atoms. The third kappa shape index (κ3) is 3.82. The molecule has 1 aliphatic rings. The zero-order valence-corrected chi connectivity index (χ0v) is 18.9. The molecule has 2 aromatic heterocycles. The number of aryl methyl sites for hydroxylation is 2. The summed E-state index contributed by atoms with van der Waals surface area (Å²) in [6.45, 7) is 7.28.